The lowest BCUT2D eigenvalue weighted by molar-refractivity contribution is 0.0470. The lowest BCUT2D eigenvalue weighted by atomic mass is 9.74. The molecule has 30 heavy (non-hydrogen) atoms. The molecule has 0 aromatic heterocycles. The summed E-state index contributed by atoms with van der Waals surface area (Å²) in [4.78, 5) is 2.56. The van der Waals surface area contributed by atoms with E-state index in [2.05, 4.69) is 64.8 Å². The fraction of sp³-hybridized carbons (Fsp3) is 0.308. The maximum atomic E-state index is 5.52. The Morgan fingerprint density at radius 3 is 2.37 bits per heavy atom. The van der Waals surface area contributed by atoms with E-state index in [1.807, 2.05) is 18.2 Å². The summed E-state index contributed by atoms with van der Waals surface area (Å²) in [5.74, 6) is 2.44. The molecular weight excluding hydrogens is 372 g/mol. The number of hydrogen-bond acceptors (Lipinski definition) is 4. The van der Waals surface area contributed by atoms with Crippen LogP contribution in [0.2, 0.25) is 0 Å². The third-order valence-electron chi connectivity index (χ3n) is 6.46. The summed E-state index contributed by atoms with van der Waals surface area (Å²) < 4.78 is 10.9. The van der Waals surface area contributed by atoms with Crippen LogP contribution < -0.4 is 14.8 Å². The van der Waals surface area contributed by atoms with Crippen LogP contribution in [0.1, 0.15) is 17.0 Å². The molecule has 3 heterocycles. The topological polar surface area (TPSA) is 33.7 Å². The molecule has 3 aliphatic heterocycles. The summed E-state index contributed by atoms with van der Waals surface area (Å²) in [6.45, 7) is 3.13. The molecule has 6 rings (SSSR count). The van der Waals surface area contributed by atoms with Crippen LogP contribution in [0.3, 0.4) is 0 Å². The largest absolute Gasteiger partial charge is 0.497 e. The lowest BCUT2D eigenvalue weighted by Crippen LogP contribution is -2.71. The van der Waals surface area contributed by atoms with E-state index in [9.17, 15) is 0 Å². The van der Waals surface area contributed by atoms with E-state index in [-0.39, 0.29) is 0 Å². The molecule has 3 saturated heterocycles. The van der Waals surface area contributed by atoms with Crippen molar-refractivity contribution in [3.05, 3.63) is 83.9 Å². The minimum absolute atomic E-state index is 0.520. The van der Waals surface area contributed by atoms with Gasteiger partial charge in [0.2, 0.25) is 0 Å². The second-order valence-electron chi connectivity index (χ2n) is 8.27. The SMILES string of the molecule is COc1cccc(CN2C[C@@H]3N[C@H](C2)C3c2ccc(-c3ccccc3OC)cc2)c1. The van der Waals surface area contributed by atoms with Gasteiger partial charge in [-0.15, -0.1) is 0 Å². The van der Waals surface area contributed by atoms with Gasteiger partial charge in [-0.3, -0.25) is 4.90 Å². The predicted molar refractivity (Wildman–Crippen MR) is 120 cm³/mol. The molecular formula is C26H28N2O2. The van der Waals surface area contributed by atoms with E-state index in [0.29, 0.717) is 18.0 Å². The van der Waals surface area contributed by atoms with Crippen LogP contribution in [0.15, 0.2) is 72.8 Å². The van der Waals surface area contributed by atoms with E-state index >= 15 is 0 Å². The Kier molecular flexibility index (Phi) is 5.19. The lowest BCUT2D eigenvalue weighted by Gasteiger charge is -2.55. The number of piperidine rings is 1. The minimum Gasteiger partial charge on any atom is -0.497 e. The Bertz CT molecular complexity index is 1010. The quantitative estimate of drug-likeness (QED) is 0.669. The van der Waals surface area contributed by atoms with E-state index < -0.39 is 0 Å². The zero-order chi connectivity index (χ0) is 20.5. The number of para-hydroxylation sites is 1. The monoisotopic (exact) mass is 400 g/mol. The van der Waals surface area contributed by atoms with Gasteiger partial charge in [0.15, 0.2) is 0 Å². The van der Waals surface area contributed by atoms with Crippen LogP contribution in [0, 0.1) is 0 Å². The number of benzene rings is 3. The van der Waals surface area contributed by atoms with E-state index in [1.54, 1.807) is 14.2 Å². The Hall–Kier alpha value is -2.82. The summed E-state index contributed by atoms with van der Waals surface area (Å²) in [5.41, 5.74) is 5.09. The first kappa shape index (κ1) is 19.2. The molecule has 0 amide bonds. The number of nitrogens with zero attached hydrogens (tertiary/aromatic N) is 1. The zero-order valence-electron chi connectivity index (χ0n) is 17.5. The Balaban J connectivity index is 1.26. The maximum absolute atomic E-state index is 5.52. The highest BCUT2D eigenvalue weighted by atomic mass is 16.5. The Labute approximate surface area is 178 Å². The van der Waals surface area contributed by atoms with Gasteiger partial charge in [0.25, 0.3) is 0 Å². The minimum atomic E-state index is 0.520. The molecule has 3 atom stereocenters. The highest BCUT2D eigenvalue weighted by Gasteiger charge is 2.46. The Morgan fingerprint density at radius 2 is 1.63 bits per heavy atom. The number of rotatable bonds is 6. The molecule has 3 aromatic rings. The normalized spacial score (nSPS) is 22.9. The van der Waals surface area contributed by atoms with Gasteiger partial charge in [-0.1, -0.05) is 54.6 Å². The molecule has 0 aliphatic carbocycles. The standard InChI is InChI=1S/C26H28N2O2/c1-29-21-7-5-6-18(14-21)15-28-16-23-26(24(17-28)27-23)20-12-10-19(11-13-20)22-8-3-4-9-25(22)30-2/h3-14,23-24,26-27H,15-17H2,1-2H3/t23-,24+,26?. The third kappa shape index (κ3) is 3.57. The van der Waals surface area contributed by atoms with Crippen molar-refractivity contribution in [2.24, 2.45) is 0 Å². The van der Waals surface area contributed by atoms with E-state index in [1.165, 1.54) is 16.7 Å². The summed E-state index contributed by atoms with van der Waals surface area (Å²) in [5, 5.41) is 3.74. The first-order valence-corrected chi connectivity index (χ1v) is 10.6. The molecule has 154 valence electrons. The van der Waals surface area contributed by atoms with Crippen molar-refractivity contribution in [3.8, 4) is 22.6 Å². The molecule has 1 N–H and O–H groups in total. The summed E-state index contributed by atoms with van der Waals surface area (Å²) in [6.07, 6.45) is 0. The van der Waals surface area contributed by atoms with Crippen molar-refractivity contribution in [1.29, 1.82) is 0 Å². The molecule has 0 radical (unpaired) electrons. The van der Waals surface area contributed by atoms with Crippen LogP contribution in [-0.4, -0.2) is 44.3 Å². The molecule has 2 bridgehead atoms. The predicted octanol–water partition coefficient (Wildman–Crippen LogP) is 4.31. The second-order valence-corrected chi connectivity index (χ2v) is 8.27. The van der Waals surface area contributed by atoms with E-state index in [4.69, 9.17) is 9.47 Å². The van der Waals surface area contributed by atoms with Crippen LogP contribution in [0.5, 0.6) is 11.5 Å². The van der Waals surface area contributed by atoms with Gasteiger partial charge in [-0.2, -0.15) is 0 Å². The van der Waals surface area contributed by atoms with Crippen LogP contribution in [0.4, 0.5) is 0 Å². The smallest absolute Gasteiger partial charge is 0.126 e. The van der Waals surface area contributed by atoms with Gasteiger partial charge in [0.05, 0.1) is 14.2 Å². The van der Waals surface area contributed by atoms with Crippen molar-refractivity contribution >= 4 is 0 Å². The third-order valence-corrected chi connectivity index (χ3v) is 6.46. The molecule has 1 unspecified atom stereocenters. The van der Waals surface area contributed by atoms with Crippen molar-refractivity contribution in [2.45, 2.75) is 24.5 Å². The van der Waals surface area contributed by atoms with Crippen molar-refractivity contribution in [3.63, 3.8) is 0 Å². The van der Waals surface area contributed by atoms with Gasteiger partial charge >= 0.3 is 0 Å². The van der Waals surface area contributed by atoms with Crippen LogP contribution in [0.25, 0.3) is 11.1 Å². The molecule has 0 saturated carbocycles. The van der Waals surface area contributed by atoms with Gasteiger partial charge < -0.3 is 14.8 Å². The molecule has 3 fully saturated rings. The van der Waals surface area contributed by atoms with Crippen molar-refractivity contribution in [2.75, 3.05) is 27.3 Å². The molecule has 3 aromatic carbocycles. The van der Waals surface area contributed by atoms with Crippen molar-refractivity contribution < 1.29 is 9.47 Å². The maximum Gasteiger partial charge on any atom is 0.126 e. The molecule has 4 nitrogen and oxygen atoms in total. The number of nitrogens with one attached hydrogen (secondary N) is 1. The first-order valence-electron chi connectivity index (χ1n) is 10.6. The average molecular weight is 401 g/mol. The summed E-state index contributed by atoms with van der Waals surface area (Å²) >= 11 is 0. The molecule has 4 heteroatoms. The Morgan fingerprint density at radius 1 is 0.867 bits per heavy atom. The molecule has 0 spiro atoms. The van der Waals surface area contributed by atoms with E-state index in [0.717, 1.165) is 36.7 Å². The highest BCUT2D eigenvalue weighted by Crippen LogP contribution is 2.38. The summed E-state index contributed by atoms with van der Waals surface area (Å²) in [7, 11) is 3.45. The zero-order valence-corrected chi connectivity index (χ0v) is 17.5. The van der Waals surface area contributed by atoms with Crippen molar-refractivity contribution in [1.82, 2.24) is 10.2 Å². The number of fused-ring (bicyclic) bond motifs is 2. The highest BCUT2D eigenvalue weighted by molar-refractivity contribution is 5.70. The fourth-order valence-corrected chi connectivity index (χ4v) is 5.00. The molecule has 3 aliphatic rings. The van der Waals surface area contributed by atoms with Gasteiger partial charge in [-0.25, -0.2) is 0 Å². The first-order chi connectivity index (χ1) is 14.7. The van der Waals surface area contributed by atoms with Crippen LogP contribution in [-0.2, 0) is 6.54 Å². The number of piperazine rings is 1. The number of hydrogen-bond donors (Lipinski definition) is 1. The average Bonchev–Trinajstić information content (AvgIpc) is 2.79. The van der Waals surface area contributed by atoms with Gasteiger partial charge in [0.1, 0.15) is 11.5 Å². The number of ether oxygens (including phenoxy) is 2. The van der Waals surface area contributed by atoms with Crippen LogP contribution >= 0.6 is 0 Å². The number of methoxy groups -OCH3 is 2. The second kappa shape index (κ2) is 8.13. The van der Waals surface area contributed by atoms with Gasteiger partial charge in [-0.05, 0) is 34.9 Å². The summed E-state index contributed by atoms with van der Waals surface area (Å²) in [6, 6.07) is 26.7. The fourth-order valence-electron chi connectivity index (χ4n) is 5.00. The van der Waals surface area contributed by atoms with Gasteiger partial charge in [0, 0.05) is 43.2 Å².